The van der Waals surface area contributed by atoms with E-state index in [4.69, 9.17) is 37.7 Å². The highest BCUT2D eigenvalue weighted by Crippen LogP contribution is 2.46. The van der Waals surface area contributed by atoms with Gasteiger partial charge in [-0.25, -0.2) is 4.79 Å². The number of piperazine rings is 1. The molecule has 1 saturated heterocycles. The first kappa shape index (κ1) is 31.7. The van der Waals surface area contributed by atoms with E-state index in [1.807, 2.05) is 100 Å². The van der Waals surface area contributed by atoms with Gasteiger partial charge in [-0.1, -0.05) is 47.5 Å². The van der Waals surface area contributed by atoms with Crippen molar-refractivity contribution in [3.05, 3.63) is 93.5 Å². The molecule has 2 aliphatic heterocycles. The number of carbonyl (C=O) groups excluding carboxylic acids is 2. The summed E-state index contributed by atoms with van der Waals surface area (Å²) >= 11 is 12.6. The minimum Gasteiger partial charge on any atom is -0.497 e. The summed E-state index contributed by atoms with van der Waals surface area (Å²) < 4.78 is 11.7. The number of rotatable bonds is 6. The molecule has 2 aliphatic rings. The summed E-state index contributed by atoms with van der Waals surface area (Å²) in [6.07, 6.45) is -0.144. The Morgan fingerprint density at radius 1 is 0.932 bits per heavy atom. The van der Waals surface area contributed by atoms with Crippen LogP contribution in [0.2, 0.25) is 10.0 Å². The number of hydrogen-bond acceptors (Lipinski definition) is 5. The van der Waals surface area contributed by atoms with E-state index in [0.717, 1.165) is 11.1 Å². The van der Waals surface area contributed by atoms with Crippen LogP contribution in [-0.2, 0) is 4.79 Å². The Labute approximate surface area is 269 Å². The monoisotopic (exact) mass is 636 g/mol. The van der Waals surface area contributed by atoms with Gasteiger partial charge in [0.1, 0.15) is 29.9 Å². The van der Waals surface area contributed by atoms with Gasteiger partial charge in [0.2, 0.25) is 5.91 Å². The second-order valence-corrected chi connectivity index (χ2v) is 13.1. The largest absolute Gasteiger partial charge is 0.497 e. The average molecular weight is 638 g/mol. The number of amidine groups is 1. The minimum absolute atomic E-state index is 0.0310. The van der Waals surface area contributed by atoms with Crippen LogP contribution in [0.15, 0.2) is 71.7 Å². The Kier molecular flexibility index (Phi) is 9.14. The van der Waals surface area contributed by atoms with Crippen LogP contribution in [0.4, 0.5) is 4.79 Å². The van der Waals surface area contributed by atoms with Crippen molar-refractivity contribution in [2.24, 2.45) is 4.99 Å². The summed E-state index contributed by atoms with van der Waals surface area (Å²) in [5, 5.41) is 1.19. The van der Waals surface area contributed by atoms with Crippen molar-refractivity contribution in [1.29, 1.82) is 0 Å². The summed E-state index contributed by atoms with van der Waals surface area (Å²) in [6.45, 7) is 10.7. The maximum Gasteiger partial charge on any atom is 0.326 e. The number of aliphatic imine (C=N–C) groups is 1. The molecule has 0 aromatic heterocycles. The number of ether oxygens (including phenoxy) is 2. The molecule has 3 aromatic carbocycles. The standard InChI is InChI=1S/C34H38Cl2N4O4/c1-21(2)44-28-19-26(43-6)15-16-27(28)32-37-30(22-7-11-24(35)12-8-22)31(23-9-13-25(36)14-10-23)40(32)33(42)38-17-18-39(29(41)20-38)34(3,4)5/h7-16,19,21,30-31H,17-18,20H2,1-6H3/t30-,31+/m0/s1. The van der Waals surface area contributed by atoms with Crippen molar-refractivity contribution in [2.75, 3.05) is 26.7 Å². The van der Waals surface area contributed by atoms with Gasteiger partial charge in [0, 0.05) is 34.7 Å². The molecule has 2 atom stereocenters. The van der Waals surface area contributed by atoms with Crippen LogP contribution < -0.4 is 9.47 Å². The first-order valence-corrected chi connectivity index (χ1v) is 15.5. The number of benzene rings is 3. The molecule has 8 nitrogen and oxygen atoms in total. The second kappa shape index (κ2) is 12.7. The molecule has 44 heavy (non-hydrogen) atoms. The zero-order chi connectivity index (χ0) is 31.8. The number of hydrogen-bond donors (Lipinski definition) is 0. The molecule has 3 amide bonds. The Morgan fingerprint density at radius 3 is 2.09 bits per heavy atom. The normalized spacial score (nSPS) is 19.0. The van der Waals surface area contributed by atoms with E-state index in [1.165, 1.54) is 0 Å². The summed E-state index contributed by atoms with van der Waals surface area (Å²) in [7, 11) is 1.60. The number of methoxy groups -OCH3 is 1. The van der Waals surface area contributed by atoms with Gasteiger partial charge < -0.3 is 19.3 Å². The zero-order valence-electron chi connectivity index (χ0n) is 25.9. The second-order valence-electron chi connectivity index (χ2n) is 12.3. The fourth-order valence-electron chi connectivity index (χ4n) is 5.72. The van der Waals surface area contributed by atoms with E-state index in [-0.39, 0.29) is 30.1 Å². The van der Waals surface area contributed by atoms with Gasteiger partial charge in [-0.15, -0.1) is 0 Å². The van der Waals surface area contributed by atoms with Gasteiger partial charge in [0.15, 0.2) is 0 Å². The van der Waals surface area contributed by atoms with E-state index in [2.05, 4.69) is 0 Å². The molecule has 10 heteroatoms. The topological polar surface area (TPSA) is 74.7 Å². The van der Waals surface area contributed by atoms with Crippen molar-refractivity contribution in [3.8, 4) is 11.5 Å². The maximum atomic E-state index is 14.7. The van der Waals surface area contributed by atoms with Crippen molar-refractivity contribution < 1.29 is 19.1 Å². The molecule has 0 saturated carbocycles. The molecule has 0 N–H and O–H groups in total. The van der Waals surface area contributed by atoms with Crippen LogP contribution in [0.25, 0.3) is 0 Å². The third-order valence-electron chi connectivity index (χ3n) is 7.79. The van der Waals surface area contributed by atoms with Crippen LogP contribution in [-0.4, -0.2) is 70.9 Å². The van der Waals surface area contributed by atoms with Crippen molar-refractivity contribution >= 4 is 41.0 Å². The zero-order valence-corrected chi connectivity index (χ0v) is 27.4. The lowest BCUT2D eigenvalue weighted by Gasteiger charge is -2.43. The predicted molar refractivity (Wildman–Crippen MR) is 174 cm³/mol. The van der Waals surface area contributed by atoms with Crippen LogP contribution in [0.3, 0.4) is 0 Å². The molecular formula is C34H38Cl2N4O4. The SMILES string of the molecule is COc1ccc(C2=N[C@@H](c3ccc(Cl)cc3)[C@@H](c3ccc(Cl)cc3)N2C(=O)N2CCN(C(C)(C)C)C(=O)C2)c(OC(C)C)c1. The number of urea groups is 1. The molecule has 2 heterocycles. The van der Waals surface area contributed by atoms with Crippen LogP contribution in [0.1, 0.15) is 63.4 Å². The molecular weight excluding hydrogens is 599 g/mol. The summed E-state index contributed by atoms with van der Waals surface area (Å²) in [5.74, 6) is 1.50. The van der Waals surface area contributed by atoms with E-state index in [9.17, 15) is 9.59 Å². The lowest BCUT2D eigenvalue weighted by Crippen LogP contribution is -2.60. The number of halogens is 2. The summed E-state index contributed by atoms with van der Waals surface area (Å²) in [5.41, 5.74) is 2.03. The average Bonchev–Trinajstić information content (AvgIpc) is 3.36. The van der Waals surface area contributed by atoms with Gasteiger partial charge in [-0.05, 0) is 82.1 Å². The van der Waals surface area contributed by atoms with Gasteiger partial charge in [0.25, 0.3) is 0 Å². The summed E-state index contributed by atoms with van der Waals surface area (Å²) in [6, 6.07) is 19.1. The molecule has 232 valence electrons. The fraction of sp³-hybridized carbons (Fsp3) is 0.382. The van der Waals surface area contributed by atoms with Gasteiger partial charge >= 0.3 is 6.03 Å². The molecule has 0 spiro atoms. The first-order chi connectivity index (χ1) is 20.9. The molecule has 5 rings (SSSR count). The Morgan fingerprint density at radius 2 is 1.55 bits per heavy atom. The Hall–Kier alpha value is -3.75. The number of amides is 3. The van der Waals surface area contributed by atoms with Crippen molar-refractivity contribution in [2.45, 2.75) is 58.3 Å². The van der Waals surface area contributed by atoms with E-state index < -0.39 is 12.1 Å². The van der Waals surface area contributed by atoms with Gasteiger partial charge in [-0.2, -0.15) is 0 Å². The predicted octanol–water partition coefficient (Wildman–Crippen LogP) is 7.40. The van der Waals surface area contributed by atoms with Gasteiger partial charge in [0.05, 0.1) is 24.8 Å². The van der Waals surface area contributed by atoms with Crippen molar-refractivity contribution in [1.82, 2.24) is 14.7 Å². The Bertz CT molecular complexity index is 1550. The van der Waals surface area contributed by atoms with Crippen LogP contribution in [0, 0.1) is 0 Å². The van der Waals surface area contributed by atoms with E-state index in [0.29, 0.717) is 46.0 Å². The van der Waals surface area contributed by atoms with E-state index >= 15 is 0 Å². The maximum absolute atomic E-state index is 14.7. The molecule has 0 aliphatic carbocycles. The van der Waals surface area contributed by atoms with Crippen LogP contribution in [0.5, 0.6) is 11.5 Å². The smallest absolute Gasteiger partial charge is 0.326 e. The molecule has 3 aromatic rings. The first-order valence-electron chi connectivity index (χ1n) is 14.7. The molecule has 0 unspecified atom stereocenters. The molecule has 1 fully saturated rings. The lowest BCUT2D eigenvalue weighted by atomic mass is 9.93. The van der Waals surface area contributed by atoms with Gasteiger partial charge in [-0.3, -0.25) is 14.7 Å². The third kappa shape index (κ3) is 6.52. The Balaban J connectivity index is 1.67. The molecule has 0 bridgehead atoms. The summed E-state index contributed by atoms with van der Waals surface area (Å²) in [4.78, 5) is 38.4. The number of carbonyl (C=O) groups is 2. The number of nitrogens with zero attached hydrogens (tertiary/aromatic N) is 4. The lowest BCUT2D eigenvalue weighted by molar-refractivity contribution is -0.140. The highest BCUT2D eigenvalue weighted by atomic mass is 35.5. The highest BCUT2D eigenvalue weighted by molar-refractivity contribution is 6.30. The minimum atomic E-state index is -0.541. The third-order valence-corrected chi connectivity index (χ3v) is 8.29. The fourth-order valence-corrected chi connectivity index (χ4v) is 5.97. The quantitative estimate of drug-likeness (QED) is 0.283. The van der Waals surface area contributed by atoms with Crippen LogP contribution >= 0.6 is 23.2 Å². The van der Waals surface area contributed by atoms with Crippen molar-refractivity contribution in [3.63, 3.8) is 0 Å². The highest BCUT2D eigenvalue weighted by Gasteiger charge is 2.46. The molecule has 0 radical (unpaired) electrons. The van der Waals surface area contributed by atoms with E-state index in [1.54, 1.807) is 23.0 Å².